The molecule has 1 aromatic heterocycles. The Balaban J connectivity index is 2.26. The number of ether oxygens (including phenoxy) is 2. The van der Waals surface area contributed by atoms with Gasteiger partial charge >= 0.3 is 5.97 Å². The van der Waals surface area contributed by atoms with Crippen molar-refractivity contribution < 1.29 is 14.3 Å². The van der Waals surface area contributed by atoms with Crippen molar-refractivity contribution in [2.45, 2.75) is 40.0 Å². The molecule has 0 bridgehead atoms. The number of rotatable bonds is 8. The molecule has 0 radical (unpaired) electrons. The summed E-state index contributed by atoms with van der Waals surface area (Å²) in [6.45, 7) is 6.75. The Morgan fingerprint density at radius 1 is 1.21 bits per heavy atom. The summed E-state index contributed by atoms with van der Waals surface area (Å²) < 4.78 is 11.3. The van der Waals surface area contributed by atoms with E-state index in [0.29, 0.717) is 30.4 Å². The second-order valence-corrected chi connectivity index (χ2v) is 5.80. The minimum absolute atomic E-state index is 0.252. The van der Waals surface area contributed by atoms with Gasteiger partial charge in [0.2, 0.25) is 0 Å². The van der Waals surface area contributed by atoms with Crippen molar-refractivity contribution in [3.63, 3.8) is 0 Å². The molecule has 1 aromatic carbocycles. The quantitative estimate of drug-likeness (QED) is 0.535. The SMILES string of the molecule is CCCC(=O)Oc1ccc(-c2cnccn2)cc1OCC(C)CC. The molecule has 2 aromatic rings. The van der Waals surface area contributed by atoms with Crippen LogP contribution in [-0.2, 0) is 4.79 Å². The van der Waals surface area contributed by atoms with Crippen molar-refractivity contribution >= 4 is 5.97 Å². The van der Waals surface area contributed by atoms with Crippen LogP contribution in [0, 0.1) is 5.92 Å². The maximum absolute atomic E-state index is 11.8. The molecule has 5 nitrogen and oxygen atoms in total. The fourth-order valence-electron chi connectivity index (χ4n) is 2.04. The molecule has 1 unspecified atom stereocenters. The monoisotopic (exact) mass is 328 g/mol. The van der Waals surface area contributed by atoms with E-state index < -0.39 is 0 Å². The molecule has 0 amide bonds. The molecule has 0 fully saturated rings. The summed E-state index contributed by atoms with van der Waals surface area (Å²) in [5.74, 6) is 1.18. The maximum Gasteiger partial charge on any atom is 0.311 e. The third kappa shape index (κ3) is 5.05. The maximum atomic E-state index is 11.8. The minimum atomic E-state index is -0.252. The Hall–Kier alpha value is -2.43. The largest absolute Gasteiger partial charge is 0.489 e. The number of benzene rings is 1. The van der Waals surface area contributed by atoms with Gasteiger partial charge in [0.05, 0.1) is 18.5 Å². The molecule has 0 N–H and O–H groups in total. The molecule has 1 heterocycles. The molecule has 0 aliphatic carbocycles. The highest BCUT2D eigenvalue weighted by Crippen LogP contribution is 2.32. The van der Waals surface area contributed by atoms with Crippen molar-refractivity contribution in [2.75, 3.05) is 6.61 Å². The van der Waals surface area contributed by atoms with Crippen molar-refractivity contribution in [3.8, 4) is 22.8 Å². The molecule has 2 rings (SSSR count). The summed E-state index contributed by atoms with van der Waals surface area (Å²) in [5, 5.41) is 0. The third-order valence-electron chi connectivity index (χ3n) is 3.70. The fourth-order valence-corrected chi connectivity index (χ4v) is 2.04. The molecule has 0 spiro atoms. The lowest BCUT2D eigenvalue weighted by Crippen LogP contribution is -2.11. The van der Waals surface area contributed by atoms with Crippen LogP contribution in [0.25, 0.3) is 11.3 Å². The minimum Gasteiger partial charge on any atom is -0.489 e. The summed E-state index contributed by atoms with van der Waals surface area (Å²) in [7, 11) is 0. The average molecular weight is 328 g/mol. The Bertz CT molecular complexity index is 659. The van der Waals surface area contributed by atoms with Crippen LogP contribution >= 0.6 is 0 Å². The van der Waals surface area contributed by atoms with Crippen molar-refractivity contribution in [1.82, 2.24) is 9.97 Å². The fraction of sp³-hybridized carbons (Fsp3) is 0.421. The number of nitrogens with zero attached hydrogens (tertiary/aromatic N) is 2. The molecule has 24 heavy (non-hydrogen) atoms. The van der Waals surface area contributed by atoms with Crippen LogP contribution in [0.4, 0.5) is 0 Å². The van der Waals surface area contributed by atoms with Crippen LogP contribution in [0.2, 0.25) is 0 Å². The number of hydrogen-bond donors (Lipinski definition) is 0. The van der Waals surface area contributed by atoms with Gasteiger partial charge in [-0.25, -0.2) is 0 Å². The molecule has 1 atom stereocenters. The van der Waals surface area contributed by atoms with Gasteiger partial charge in [0, 0.05) is 24.4 Å². The number of hydrogen-bond acceptors (Lipinski definition) is 5. The topological polar surface area (TPSA) is 61.3 Å². The molecular formula is C19H24N2O3. The van der Waals surface area contributed by atoms with E-state index in [-0.39, 0.29) is 5.97 Å². The van der Waals surface area contributed by atoms with E-state index in [1.54, 1.807) is 24.7 Å². The van der Waals surface area contributed by atoms with E-state index >= 15 is 0 Å². The molecule has 5 heteroatoms. The highest BCUT2D eigenvalue weighted by Gasteiger charge is 2.13. The second kappa shape index (κ2) is 9.01. The number of aromatic nitrogens is 2. The number of esters is 1. The van der Waals surface area contributed by atoms with Gasteiger partial charge in [-0.15, -0.1) is 0 Å². The summed E-state index contributed by atoms with van der Waals surface area (Å²) >= 11 is 0. The zero-order valence-electron chi connectivity index (χ0n) is 14.5. The molecule has 128 valence electrons. The predicted molar refractivity (Wildman–Crippen MR) is 93.0 cm³/mol. The normalized spacial score (nSPS) is 11.8. The first-order chi connectivity index (χ1) is 11.6. The van der Waals surface area contributed by atoms with Gasteiger partial charge in [0.25, 0.3) is 0 Å². The number of carbonyl (C=O) groups is 1. The Kier molecular flexibility index (Phi) is 6.73. The van der Waals surface area contributed by atoms with Crippen LogP contribution in [0.15, 0.2) is 36.8 Å². The summed E-state index contributed by atoms with van der Waals surface area (Å²) in [6.07, 6.45) is 7.12. The Morgan fingerprint density at radius 3 is 2.71 bits per heavy atom. The van der Waals surface area contributed by atoms with Crippen LogP contribution < -0.4 is 9.47 Å². The van der Waals surface area contributed by atoms with E-state index in [2.05, 4.69) is 23.8 Å². The first-order valence-corrected chi connectivity index (χ1v) is 8.38. The van der Waals surface area contributed by atoms with Gasteiger partial charge in [-0.3, -0.25) is 14.8 Å². The summed E-state index contributed by atoms with van der Waals surface area (Å²) in [4.78, 5) is 20.2. The summed E-state index contributed by atoms with van der Waals surface area (Å²) in [5.41, 5.74) is 1.62. The zero-order valence-corrected chi connectivity index (χ0v) is 14.5. The second-order valence-electron chi connectivity index (χ2n) is 5.80. The van der Waals surface area contributed by atoms with Gasteiger partial charge in [-0.05, 0) is 30.5 Å². The molecule has 0 aliphatic heterocycles. The van der Waals surface area contributed by atoms with E-state index in [1.165, 1.54) is 0 Å². The molecule has 0 saturated heterocycles. The summed E-state index contributed by atoms with van der Waals surface area (Å²) in [6, 6.07) is 5.46. The highest BCUT2D eigenvalue weighted by atomic mass is 16.6. The van der Waals surface area contributed by atoms with Gasteiger partial charge in [0.15, 0.2) is 11.5 Å². The molecular weight excluding hydrogens is 304 g/mol. The number of carbonyl (C=O) groups excluding carboxylic acids is 1. The van der Waals surface area contributed by atoms with Crippen molar-refractivity contribution in [1.29, 1.82) is 0 Å². The van der Waals surface area contributed by atoms with Gasteiger partial charge in [-0.2, -0.15) is 0 Å². The van der Waals surface area contributed by atoms with E-state index in [1.807, 2.05) is 19.1 Å². The smallest absolute Gasteiger partial charge is 0.311 e. The zero-order chi connectivity index (χ0) is 17.4. The van der Waals surface area contributed by atoms with Crippen molar-refractivity contribution in [2.24, 2.45) is 5.92 Å². The lowest BCUT2D eigenvalue weighted by molar-refractivity contribution is -0.134. The van der Waals surface area contributed by atoms with Gasteiger partial charge < -0.3 is 9.47 Å². The average Bonchev–Trinajstić information content (AvgIpc) is 2.61. The van der Waals surface area contributed by atoms with Crippen LogP contribution in [-0.4, -0.2) is 22.5 Å². The van der Waals surface area contributed by atoms with Gasteiger partial charge in [0.1, 0.15) is 0 Å². The van der Waals surface area contributed by atoms with Crippen LogP contribution in [0.3, 0.4) is 0 Å². The molecule has 0 aliphatic rings. The van der Waals surface area contributed by atoms with Crippen molar-refractivity contribution in [3.05, 3.63) is 36.8 Å². The Labute approximate surface area is 143 Å². The van der Waals surface area contributed by atoms with Gasteiger partial charge in [-0.1, -0.05) is 27.2 Å². The lowest BCUT2D eigenvalue weighted by atomic mass is 10.1. The first kappa shape index (κ1) is 17.9. The third-order valence-corrected chi connectivity index (χ3v) is 3.70. The first-order valence-electron chi connectivity index (χ1n) is 8.38. The molecule has 0 saturated carbocycles. The Morgan fingerprint density at radius 2 is 2.04 bits per heavy atom. The van der Waals surface area contributed by atoms with E-state index in [9.17, 15) is 4.79 Å². The van der Waals surface area contributed by atoms with E-state index in [0.717, 1.165) is 24.1 Å². The predicted octanol–water partition coefficient (Wildman–Crippen LogP) is 4.27. The van der Waals surface area contributed by atoms with E-state index in [4.69, 9.17) is 9.47 Å². The highest BCUT2D eigenvalue weighted by molar-refractivity contribution is 5.74. The standard InChI is InChI=1S/C19H24N2O3/c1-4-6-19(22)24-17-8-7-15(16-12-20-9-10-21-16)11-18(17)23-13-14(3)5-2/h7-12,14H,4-6,13H2,1-3H3. The lowest BCUT2D eigenvalue weighted by Gasteiger charge is -2.15. The van der Waals surface area contributed by atoms with Crippen LogP contribution in [0.1, 0.15) is 40.0 Å². The van der Waals surface area contributed by atoms with Crippen LogP contribution in [0.5, 0.6) is 11.5 Å².